The molecular formula is C23H30N4S. The number of benzene rings is 1. The van der Waals surface area contributed by atoms with Gasteiger partial charge in [-0.3, -0.25) is 4.98 Å². The van der Waals surface area contributed by atoms with Crippen molar-refractivity contribution in [3.63, 3.8) is 0 Å². The zero-order chi connectivity index (χ0) is 19.9. The van der Waals surface area contributed by atoms with Gasteiger partial charge in [-0.05, 0) is 61.4 Å². The monoisotopic (exact) mass is 394 g/mol. The van der Waals surface area contributed by atoms with Crippen molar-refractivity contribution in [3.8, 4) is 0 Å². The summed E-state index contributed by atoms with van der Waals surface area (Å²) in [5.41, 5.74) is 2.94. The Morgan fingerprint density at radius 2 is 1.82 bits per heavy atom. The second kappa shape index (κ2) is 9.87. The summed E-state index contributed by atoms with van der Waals surface area (Å²) in [5, 5.41) is 4.40. The van der Waals surface area contributed by atoms with Crippen LogP contribution in [0.1, 0.15) is 52.1 Å². The fourth-order valence-electron chi connectivity index (χ4n) is 3.52. The van der Waals surface area contributed by atoms with Crippen LogP contribution in [-0.4, -0.2) is 15.0 Å². The van der Waals surface area contributed by atoms with Gasteiger partial charge in [-0.15, -0.1) is 12.6 Å². The normalized spacial score (nSPS) is 13.4. The van der Waals surface area contributed by atoms with Crippen LogP contribution in [-0.2, 0) is 6.42 Å². The van der Waals surface area contributed by atoms with Crippen LogP contribution in [0.5, 0.6) is 0 Å². The summed E-state index contributed by atoms with van der Waals surface area (Å²) in [6, 6.07) is 10.0. The molecule has 4 nitrogen and oxygen atoms in total. The van der Waals surface area contributed by atoms with E-state index in [-0.39, 0.29) is 0 Å². The van der Waals surface area contributed by atoms with Gasteiger partial charge in [0, 0.05) is 21.7 Å². The number of thiol groups is 1. The first-order chi connectivity index (χ1) is 13.5. The van der Waals surface area contributed by atoms with Crippen LogP contribution in [0.15, 0.2) is 47.8 Å². The summed E-state index contributed by atoms with van der Waals surface area (Å²) in [7, 11) is 0. The highest BCUT2D eigenvalue weighted by molar-refractivity contribution is 7.80. The van der Waals surface area contributed by atoms with Crippen molar-refractivity contribution < 1.29 is 0 Å². The molecule has 0 bridgehead atoms. The van der Waals surface area contributed by atoms with Gasteiger partial charge in [0.1, 0.15) is 12.1 Å². The van der Waals surface area contributed by atoms with Crippen molar-refractivity contribution in [1.29, 1.82) is 0 Å². The summed E-state index contributed by atoms with van der Waals surface area (Å²) < 4.78 is 0. The maximum absolute atomic E-state index is 4.61. The minimum Gasteiger partial charge on any atom is -0.340 e. The lowest BCUT2D eigenvalue weighted by molar-refractivity contribution is 0.379. The smallest absolute Gasteiger partial charge is 0.141 e. The van der Waals surface area contributed by atoms with Crippen molar-refractivity contribution in [2.45, 2.75) is 57.8 Å². The lowest BCUT2D eigenvalue weighted by atomic mass is 9.91. The quantitative estimate of drug-likeness (QED) is 0.409. The second-order valence-corrected chi connectivity index (χ2v) is 8.35. The van der Waals surface area contributed by atoms with Crippen LogP contribution in [0.4, 0.5) is 11.5 Å². The molecule has 0 aliphatic rings. The summed E-state index contributed by atoms with van der Waals surface area (Å²) in [4.78, 5) is 14.4. The first-order valence-electron chi connectivity index (χ1n) is 10.2. The van der Waals surface area contributed by atoms with Gasteiger partial charge in [-0.1, -0.05) is 33.6 Å². The molecule has 2 aromatic heterocycles. The number of aromatic nitrogens is 3. The van der Waals surface area contributed by atoms with Gasteiger partial charge in [-0.25, -0.2) is 9.97 Å². The Bertz CT molecular complexity index is 895. The Balaban J connectivity index is 1.69. The Hall–Kier alpha value is -2.14. The minimum atomic E-state index is 0.769. The molecule has 2 unspecified atom stereocenters. The number of hydrogen-bond donors (Lipinski definition) is 2. The molecule has 0 aliphatic heterocycles. The summed E-state index contributed by atoms with van der Waals surface area (Å²) in [5.74, 6) is 2.40. The second-order valence-electron chi connectivity index (χ2n) is 7.83. The largest absolute Gasteiger partial charge is 0.340 e. The van der Waals surface area contributed by atoms with Gasteiger partial charge in [0.2, 0.25) is 0 Å². The third kappa shape index (κ3) is 5.68. The number of nitrogens with one attached hydrogen (secondary N) is 1. The summed E-state index contributed by atoms with van der Waals surface area (Å²) in [6.45, 7) is 6.99. The van der Waals surface area contributed by atoms with Crippen LogP contribution < -0.4 is 5.32 Å². The number of pyridine rings is 1. The van der Waals surface area contributed by atoms with E-state index in [9.17, 15) is 0 Å². The molecule has 28 heavy (non-hydrogen) atoms. The van der Waals surface area contributed by atoms with E-state index in [0.717, 1.165) is 57.7 Å². The van der Waals surface area contributed by atoms with Gasteiger partial charge in [0.05, 0.1) is 11.7 Å². The van der Waals surface area contributed by atoms with Crippen molar-refractivity contribution in [3.05, 3.63) is 48.5 Å². The molecule has 0 saturated heterocycles. The maximum atomic E-state index is 4.61. The van der Waals surface area contributed by atoms with E-state index in [1.807, 2.05) is 30.5 Å². The average Bonchev–Trinajstić information content (AvgIpc) is 2.70. The molecule has 0 fully saturated rings. The fraction of sp³-hybridized carbons (Fsp3) is 0.435. The molecular weight excluding hydrogens is 364 g/mol. The average molecular weight is 395 g/mol. The molecule has 0 spiro atoms. The fourth-order valence-corrected chi connectivity index (χ4v) is 3.67. The predicted molar refractivity (Wildman–Crippen MR) is 120 cm³/mol. The van der Waals surface area contributed by atoms with Gasteiger partial charge in [-0.2, -0.15) is 0 Å². The molecule has 2 atom stereocenters. The number of fused-ring (bicyclic) bond motifs is 1. The molecule has 3 aromatic rings. The van der Waals surface area contributed by atoms with Crippen LogP contribution in [0.25, 0.3) is 10.9 Å². The van der Waals surface area contributed by atoms with Gasteiger partial charge >= 0.3 is 0 Å². The zero-order valence-electron chi connectivity index (χ0n) is 17.0. The van der Waals surface area contributed by atoms with E-state index < -0.39 is 0 Å². The SMILES string of the molecule is CCC(C)CC(C)CCCc1cc2c(Nc3ccc(S)cc3)ncnc2cn1. The van der Waals surface area contributed by atoms with Crippen LogP contribution in [0.3, 0.4) is 0 Å². The Morgan fingerprint density at radius 1 is 1.04 bits per heavy atom. The number of nitrogens with zero attached hydrogens (tertiary/aromatic N) is 3. The van der Waals surface area contributed by atoms with Gasteiger partial charge in [0.25, 0.3) is 0 Å². The highest BCUT2D eigenvalue weighted by Gasteiger charge is 2.09. The highest BCUT2D eigenvalue weighted by Crippen LogP contribution is 2.25. The third-order valence-corrected chi connectivity index (χ3v) is 5.64. The van der Waals surface area contributed by atoms with E-state index in [1.165, 1.54) is 19.3 Å². The van der Waals surface area contributed by atoms with Gasteiger partial charge < -0.3 is 5.32 Å². The van der Waals surface area contributed by atoms with E-state index in [0.29, 0.717) is 0 Å². The molecule has 1 aromatic carbocycles. The number of anilines is 2. The Kier molecular flexibility index (Phi) is 7.26. The summed E-state index contributed by atoms with van der Waals surface area (Å²) >= 11 is 4.34. The van der Waals surface area contributed by atoms with E-state index in [2.05, 4.69) is 59.7 Å². The van der Waals surface area contributed by atoms with E-state index in [1.54, 1.807) is 6.33 Å². The maximum Gasteiger partial charge on any atom is 0.141 e. The molecule has 5 heteroatoms. The van der Waals surface area contributed by atoms with Crippen LogP contribution in [0.2, 0.25) is 0 Å². The standard InChI is InChI=1S/C23H30N4S/c1-4-16(2)12-17(3)6-5-7-19-13-21-22(14-24-19)25-15-26-23(21)27-18-8-10-20(28)11-9-18/h8-11,13-17,28H,4-7,12H2,1-3H3,(H,25,26,27). The molecule has 1 N–H and O–H groups in total. The topological polar surface area (TPSA) is 50.7 Å². The number of hydrogen-bond acceptors (Lipinski definition) is 5. The van der Waals surface area contributed by atoms with E-state index in [4.69, 9.17) is 0 Å². The zero-order valence-corrected chi connectivity index (χ0v) is 17.9. The molecule has 3 rings (SSSR count). The first kappa shape index (κ1) is 20.6. The molecule has 0 amide bonds. The predicted octanol–water partition coefficient (Wildman–Crippen LogP) is 6.45. The van der Waals surface area contributed by atoms with Crippen molar-refractivity contribution >= 4 is 35.0 Å². The Labute approximate surface area is 173 Å². The molecule has 0 radical (unpaired) electrons. The Morgan fingerprint density at radius 3 is 2.57 bits per heavy atom. The van der Waals surface area contributed by atoms with E-state index >= 15 is 0 Å². The summed E-state index contributed by atoms with van der Waals surface area (Å²) in [6.07, 6.45) is 9.42. The molecule has 2 heterocycles. The van der Waals surface area contributed by atoms with Crippen LogP contribution in [0, 0.1) is 11.8 Å². The number of aryl methyl sites for hydroxylation is 1. The first-order valence-corrected chi connectivity index (χ1v) is 10.7. The number of rotatable bonds is 9. The van der Waals surface area contributed by atoms with Gasteiger partial charge in [0.15, 0.2) is 0 Å². The van der Waals surface area contributed by atoms with Crippen molar-refractivity contribution in [1.82, 2.24) is 15.0 Å². The molecule has 148 valence electrons. The molecule has 0 aliphatic carbocycles. The van der Waals surface area contributed by atoms with Crippen LogP contribution >= 0.6 is 12.6 Å². The lowest BCUT2D eigenvalue weighted by Crippen LogP contribution is -2.03. The highest BCUT2D eigenvalue weighted by atomic mass is 32.1. The third-order valence-electron chi connectivity index (χ3n) is 5.34. The van der Waals surface area contributed by atoms with Crippen molar-refractivity contribution in [2.24, 2.45) is 11.8 Å². The van der Waals surface area contributed by atoms with Crippen molar-refractivity contribution in [2.75, 3.05) is 5.32 Å². The molecule has 0 saturated carbocycles. The lowest BCUT2D eigenvalue weighted by Gasteiger charge is -2.15. The minimum absolute atomic E-state index is 0.769.